The van der Waals surface area contributed by atoms with Gasteiger partial charge < -0.3 is 9.15 Å². The Morgan fingerprint density at radius 3 is 2.79 bits per heavy atom. The summed E-state index contributed by atoms with van der Waals surface area (Å²) in [6, 6.07) is 7.53. The molecule has 1 atom stereocenters. The zero-order valence-electron chi connectivity index (χ0n) is 13.4. The first kappa shape index (κ1) is 14.0. The number of amides is 1. The number of carbonyl (C=O) groups excluding carboxylic acids is 1. The van der Waals surface area contributed by atoms with Crippen LogP contribution in [0, 0.1) is 5.92 Å². The number of piperidine rings is 3. The Bertz CT molecular complexity index is 767. The Morgan fingerprint density at radius 2 is 2.08 bits per heavy atom. The Kier molecular flexibility index (Phi) is 2.97. The second-order valence-electron chi connectivity index (χ2n) is 6.95. The molecule has 6 heterocycles. The summed E-state index contributed by atoms with van der Waals surface area (Å²) in [5.74, 6) is 1.13. The first-order chi connectivity index (χ1) is 11.7. The number of anilines is 1. The van der Waals surface area contributed by atoms with E-state index in [-0.39, 0.29) is 11.7 Å². The van der Waals surface area contributed by atoms with E-state index in [0.717, 1.165) is 43.9 Å². The molecular formula is C18H19N3O3. The van der Waals surface area contributed by atoms with Crippen LogP contribution in [0.15, 0.2) is 41.1 Å². The maximum Gasteiger partial charge on any atom is 0.415 e. The summed E-state index contributed by atoms with van der Waals surface area (Å²) in [6.07, 6.45) is 5.31. The summed E-state index contributed by atoms with van der Waals surface area (Å²) in [5, 5.41) is 0. The molecule has 0 N–H and O–H groups in total. The summed E-state index contributed by atoms with van der Waals surface area (Å²) in [4.78, 5) is 20.9. The van der Waals surface area contributed by atoms with Crippen molar-refractivity contribution < 1.29 is 13.9 Å². The average Bonchev–Trinajstić information content (AvgIpc) is 3.22. The Labute approximate surface area is 140 Å². The third-order valence-electron chi connectivity index (χ3n) is 5.57. The van der Waals surface area contributed by atoms with Gasteiger partial charge in [0.1, 0.15) is 17.6 Å². The minimum Gasteiger partial charge on any atom is -0.460 e. The molecule has 124 valence electrons. The fraction of sp³-hybridized carbons (Fsp3) is 0.444. The van der Waals surface area contributed by atoms with Crippen molar-refractivity contribution in [3.63, 3.8) is 0 Å². The van der Waals surface area contributed by atoms with Crippen molar-refractivity contribution in [2.75, 3.05) is 31.1 Å². The molecule has 0 aromatic carbocycles. The number of aromatic nitrogens is 1. The van der Waals surface area contributed by atoms with E-state index >= 15 is 0 Å². The molecule has 2 aromatic heterocycles. The molecule has 1 unspecified atom stereocenters. The highest BCUT2D eigenvalue weighted by Gasteiger charge is 2.55. The second-order valence-corrected chi connectivity index (χ2v) is 6.95. The van der Waals surface area contributed by atoms with Gasteiger partial charge >= 0.3 is 6.09 Å². The number of pyridine rings is 1. The number of carbonyl (C=O) groups is 1. The number of ether oxygens (including phenoxy) is 1. The lowest BCUT2D eigenvalue weighted by atomic mass is 9.75. The molecule has 6 heteroatoms. The highest BCUT2D eigenvalue weighted by Crippen LogP contribution is 2.43. The van der Waals surface area contributed by atoms with Gasteiger partial charge in [0.15, 0.2) is 5.76 Å². The van der Waals surface area contributed by atoms with E-state index in [9.17, 15) is 4.79 Å². The molecule has 1 amide bonds. The van der Waals surface area contributed by atoms with E-state index in [1.54, 1.807) is 17.4 Å². The largest absolute Gasteiger partial charge is 0.460 e. The van der Waals surface area contributed by atoms with E-state index in [2.05, 4.69) is 9.88 Å². The van der Waals surface area contributed by atoms with Crippen LogP contribution in [0.4, 0.5) is 10.5 Å². The molecule has 4 saturated heterocycles. The standard InChI is InChI=1S/C18H19N3O3/c22-17-21(12-18(24-17)11-20-7-4-13(18)5-8-20)14-9-16(23-10-14)15-3-1-2-6-19-15/h1-3,6,9-10,13H,4-5,7-8,11-12H2. The van der Waals surface area contributed by atoms with Crippen LogP contribution in [0.1, 0.15) is 12.8 Å². The number of hydrogen-bond acceptors (Lipinski definition) is 5. The Balaban J connectivity index is 1.42. The third kappa shape index (κ3) is 2.06. The molecule has 2 bridgehead atoms. The van der Waals surface area contributed by atoms with Crippen LogP contribution in [0.2, 0.25) is 0 Å². The van der Waals surface area contributed by atoms with Crippen LogP contribution in [-0.2, 0) is 4.74 Å². The number of furan rings is 1. The molecule has 6 rings (SSSR count). The first-order valence-corrected chi connectivity index (χ1v) is 8.46. The van der Waals surface area contributed by atoms with Crippen LogP contribution in [0.5, 0.6) is 0 Å². The van der Waals surface area contributed by atoms with Gasteiger partial charge in [-0.1, -0.05) is 6.07 Å². The molecule has 0 saturated carbocycles. The van der Waals surface area contributed by atoms with Crippen LogP contribution in [0.25, 0.3) is 11.5 Å². The number of hydrogen-bond donors (Lipinski definition) is 0. The van der Waals surface area contributed by atoms with E-state index < -0.39 is 0 Å². The van der Waals surface area contributed by atoms with Crippen molar-refractivity contribution >= 4 is 11.8 Å². The van der Waals surface area contributed by atoms with Crippen molar-refractivity contribution in [3.8, 4) is 11.5 Å². The van der Waals surface area contributed by atoms with Gasteiger partial charge in [0.05, 0.1) is 12.2 Å². The van der Waals surface area contributed by atoms with Gasteiger partial charge in [-0.25, -0.2) is 4.79 Å². The monoisotopic (exact) mass is 325 g/mol. The van der Waals surface area contributed by atoms with Crippen LogP contribution < -0.4 is 4.90 Å². The minimum atomic E-state index is -0.351. The molecular weight excluding hydrogens is 306 g/mol. The van der Waals surface area contributed by atoms with Crippen LogP contribution >= 0.6 is 0 Å². The molecule has 0 aliphatic carbocycles. The minimum absolute atomic E-state index is 0.267. The number of fused-ring (bicyclic) bond motifs is 2. The highest BCUT2D eigenvalue weighted by atomic mass is 16.6. The fourth-order valence-electron chi connectivity index (χ4n) is 4.32. The van der Waals surface area contributed by atoms with E-state index in [1.165, 1.54) is 0 Å². The summed E-state index contributed by atoms with van der Waals surface area (Å²) in [7, 11) is 0. The Hall–Kier alpha value is -2.34. The van der Waals surface area contributed by atoms with E-state index in [4.69, 9.17) is 9.15 Å². The van der Waals surface area contributed by atoms with E-state index in [0.29, 0.717) is 18.2 Å². The molecule has 24 heavy (non-hydrogen) atoms. The maximum atomic E-state index is 12.5. The third-order valence-corrected chi connectivity index (χ3v) is 5.57. The van der Waals surface area contributed by atoms with Crippen molar-refractivity contribution in [2.45, 2.75) is 18.4 Å². The zero-order chi connectivity index (χ0) is 16.1. The molecule has 4 aliphatic rings. The van der Waals surface area contributed by atoms with Gasteiger partial charge in [-0.05, 0) is 38.1 Å². The predicted molar refractivity (Wildman–Crippen MR) is 87.7 cm³/mol. The smallest absolute Gasteiger partial charge is 0.415 e. The van der Waals surface area contributed by atoms with Gasteiger partial charge in [0.25, 0.3) is 0 Å². The normalized spacial score (nSPS) is 31.7. The summed E-state index contributed by atoms with van der Waals surface area (Å²) in [5.41, 5.74) is 1.15. The topological polar surface area (TPSA) is 58.8 Å². The van der Waals surface area contributed by atoms with Crippen molar-refractivity contribution in [2.24, 2.45) is 5.92 Å². The first-order valence-electron chi connectivity index (χ1n) is 8.46. The van der Waals surface area contributed by atoms with Crippen molar-refractivity contribution in [1.82, 2.24) is 9.88 Å². The van der Waals surface area contributed by atoms with Gasteiger partial charge in [-0.3, -0.25) is 14.8 Å². The quantitative estimate of drug-likeness (QED) is 0.850. The fourth-order valence-corrected chi connectivity index (χ4v) is 4.32. The summed E-state index contributed by atoms with van der Waals surface area (Å²) in [6.45, 7) is 3.71. The van der Waals surface area contributed by atoms with Crippen molar-refractivity contribution in [3.05, 3.63) is 36.7 Å². The average molecular weight is 325 g/mol. The van der Waals surface area contributed by atoms with Gasteiger partial charge in [0.2, 0.25) is 0 Å². The maximum absolute atomic E-state index is 12.5. The van der Waals surface area contributed by atoms with Gasteiger partial charge in [-0.15, -0.1) is 0 Å². The predicted octanol–water partition coefficient (Wildman–Crippen LogP) is 2.76. The SMILES string of the molecule is O=C1OC2(CN3CCC2CC3)CN1c1coc(-c2ccccn2)c1. The lowest BCUT2D eigenvalue weighted by molar-refractivity contribution is -0.0881. The molecule has 6 nitrogen and oxygen atoms in total. The van der Waals surface area contributed by atoms with Gasteiger partial charge in [0, 0.05) is 24.7 Å². The van der Waals surface area contributed by atoms with Crippen molar-refractivity contribution in [1.29, 1.82) is 0 Å². The zero-order valence-corrected chi connectivity index (χ0v) is 13.4. The molecule has 1 spiro atoms. The molecule has 4 aliphatic heterocycles. The van der Waals surface area contributed by atoms with Crippen LogP contribution in [-0.4, -0.2) is 47.8 Å². The summed E-state index contributed by atoms with van der Waals surface area (Å²) < 4.78 is 11.5. The molecule has 0 radical (unpaired) electrons. The number of rotatable bonds is 2. The highest BCUT2D eigenvalue weighted by molar-refractivity contribution is 5.91. The van der Waals surface area contributed by atoms with Gasteiger partial charge in [-0.2, -0.15) is 0 Å². The summed E-state index contributed by atoms with van der Waals surface area (Å²) >= 11 is 0. The molecule has 4 fully saturated rings. The number of nitrogens with zero attached hydrogens (tertiary/aromatic N) is 3. The second kappa shape index (κ2) is 5.08. The molecule has 2 aromatic rings. The van der Waals surface area contributed by atoms with Crippen LogP contribution in [0.3, 0.4) is 0 Å². The lowest BCUT2D eigenvalue weighted by Crippen LogP contribution is -2.61. The van der Waals surface area contributed by atoms with E-state index in [1.807, 2.05) is 24.3 Å². The Morgan fingerprint density at radius 1 is 1.21 bits per heavy atom. The lowest BCUT2D eigenvalue weighted by Gasteiger charge is -2.49.